The first-order valence-electron chi connectivity index (χ1n) is 6.55. The monoisotopic (exact) mass is 308 g/mol. The van der Waals surface area contributed by atoms with Gasteiger partial charge < -0.3 is 0 Å². The largest absolute Gasteiger partial charge is 0.455 e. The highest BCUT2D eigenvalue weighted by Gasteiger charge is 2.42. The van der Waals surface area contributed by atoms with Gasteiger partial charge in [-0.3, -0.25) is 9.48 Å². The Morgan fingerprint density at radius 1 is 1.30 bits per heavy atom. The predicted molar refractivity (Wildman–Crippen MR) is 74.4 cm³/mol. The molecule has 0 aliphatic carbocycles. The lowest BCUT2D eigenvalue weighted by molar-refractivity contribution is -0.0886. The minimum absolute atomic E-state index is 0.244. The van der Waals surface area contributed by atoms with Gasteiger partial charge in [0.2, 0.25) is 0 Å². The fourth-order valence-corrected chi connectivity index (χ4v) is 2.52. The van der Waals surface area contributed by atoms with E-state index in [1.807, 2.05) is 6.26 Å². The highest BCUT2D eigenvalue weighted by molar-refractivity contribution is 7.98. The lowest BCUT2D eigenvalue weighted by atomic mass is 10.0. The van der Waals surface area contributed by atoms with Crippen LogP contribution in [0, 0.1) is 0 Å². The third-order valence-corrected chi connectivity index (χ3v) is 3.70. The maximum Gasteiger partial charge on any atom is 0.455 e. The Bertz CT molecular complexity index is 469. The highest BCUT2D eigenvalue weighted by atomic mass is 32.2. The zero-order valence-electron chi connectivity index (χ0n) is 11.9. The van der Waals surface area contributed by atoms with Gasteiger partial charge in [-0.2, -0.15) is 30.0 Å². The van der Waals surface area contributed by atoms with Gasteiger partial charge in [0.25, 0.3) is 5.78 Å². The molecule has 0 aliphatic rings. The van der Waals surface area contributed by atoms with E-state index < -0.39 is 12.0 Å². The second-order valence-electron chi connectivity index (χ2n) is 4.37. The van der Waals surface area contributed by atoms with Crippen LogP contribution in [0.15, 0.2) is 0 Å². The topological polar surface area (TPSA) is 34.9 Å². The smallest absolute Gasteiger partial charge is 0.284 e. The molecule has 0 spiro atoms. The van der Waals surface area contributed by atoms with Crippen molar-refractivity contribution in [3.63, 3.8) is 0 Å². The molecular formula is C13H19F3N2OS. The van der Waals surface area contributed by atoms with E-state index in [-0.39, 0.29) is 11.3 Å². The van der Waals surface area contributed by atoms with Crippen LogP contribution in [0.2, 0.25) is 0 Å². The summed E-state index contributed by atoms with van der Waals surface area (Å²) in [5.74, 6) is -0.866. The van der Waals surface area contributed by atoms with Gasteiger partial charge in [-0.05, 0) is 31.3 Å². The zero-order valence-corrected chi connectivity index (χ0v) is 12.7. The molecule has 1 heterocycles. The van der Waals surface area contributed by atoms with E-state index in [2.05, 4.69) is 5.10 Å². The highest BCUT2D eigenvalue weighted by Crippen LogP contribution is 2.27. The molecule has 1 aromatic rings. The summed E-state index contributed by atoms with van der Waals surface area (Å²) in [6, 6.07) is 0. The Labute approximate surface area is 120 Å². The number of Topliss-reactive ketones (excluding diaryl/α,β-unsaturated/α-hetero) is 1. The van der Waals surface area contributed by atoms with Crippen LogP contribution in [0.1, 0.15) is 42.0 Å². The molecule has 0 radical (unpaired) electrons. The number of rotatable bonds is 7. The van der Waals surface area contributed by atoms with Crippen molar-refractivity contribution in [1.29, 1.82) is 0 Å². The van der Waals surface area contributed by atoms with E-state index in [0.29, 0.717) is 25.1 Å². The third-order valence-electron chi connectivity index (χ3n) is 3.00. The Morgan fingerprint density at radius 3 is 2.40 bits per heavy atom. The molecule has 3 nitrogen and oxygen atoms in total. The van der Waals surface area contributed by atoms with Gasteiger partial charge in [0.1, 0.15) is 0 Å². The van der Waals surface area contributed by atoms with Crippen LogP contribution in [-0.2, 0) is 19.4 Å². The molecule has 1 aromatic heterocycles. The predicted octanol–water partition coefficient (Wildman–Crippen LogP) is 3.51. The number of hydrogen-bond acceptors (Lipinski definition) is 3. The number of carbonyl (C=O) groups excluding carboxylic acids is 1. The number of alkyl halides is 3. The summed E-state index contributed by atoms with van der Waals surface area (Å²) in [4.78, 5) is 11.6. The molecule has 1 rings (SSSR count). The molecule has 0 atom stereocenters. The number of halogens is 3. The Kier molecular flexibility index (Phi) is 6.10. The second kappa shape index (κ2) is 7.15. The fraction of sp³-hybridized carbons (Fsp3) is 0.692. The number of aryl methyl sites for hydroxylation is 2. The molecule has 0 amide bonds. The van der Waals surface area contributed by atoms with Gasteiger partial charge in [0, 0.05) is 12.2 Å². The quantitative estimate of drug-likeness (QED) is 0.571. The van der Waals surface area contributed by atoms with E-state index in [1.54, 1.807) is 30.3 Å². The molecule has 7 heteroatoms. The molecule has 20 heavy (non-hydrogen) atoms. The van der Waals surface area contributed by atoms with Crippen molar-refractivity contribution < 1.29 is 18.0 Å². The average molecular weight is 308 g/mol. The summed E-state index contributed by atoms with van der Waals surface area (Å²) in [5.41, 5.74) is 0.394. The van der Waals surface area contributed by atoms with E-state index in [1.165, 1.54) is 0 Å². The lowest BCUT2D eigenvalue weighted by Gasteiger charge is -2.09. The van der Waals surface area contributed by atoms with Gasteiger partial charge in [0.05, 0.1) is 11.3 Å². The minimum atomic E-state index is -4.85. The van der Waals surface area contributed by atoms with Crippen LogP contribution < -0.4 is 0 Å². The normalized spacial score (nSPS) is 11.9. The number of aromatic nitrogens is 2. The SMILES string of the molecule is CCc1nn(CCCSC)c(CC)c1C(=O)C(F)(F)F. The molecule has 0 aliphatic heterocycles. The fourth-order valence-electron chi connectivity index (χ4n) is 2.11. The van der Waals surface area contributed by atoms with Crippen molar-refractivity contribution in [2.24, 2.45) is 0 Å². The first kappa shape index (κ1) is 17.1. The zero-order chi connectivity index (χ0) is 15.3. The molecule has 0 saturated carbocycles. The molecule has 0 bridgehead atoms. The first-order chi connectivity index (χ1) is 9.36. The van der Waals surface area contributed by atoms with Crippen LogP contribution >= 0.6 is 11.8 Å². The number of thioether (sulfide) groups is 1. The van der Waals surface area contributed by atoms with Crippen molar-refractivity contribution in [2.75, 3.05) is 12.0 Å². The first-order valence-corrected chi connectivity index (χ1v) is 7.95. The summed E-state index contributed by atoms with van der Waals surface area (Å²) >= 11 is 1.67. The number of nitrogens with zero attached hydrogens (tertiary/aromatic N) is 2. The molecule has 0 saturated heterocycles. The van der Waals surface area contributed by atoms with E-state index >= 15 is 0 Å². The van der Waals surface area contributed by atoms with Crippen LogP contribution in [0.5, 0.6) is 0 Å². The average Bonchev–Trinajstić information content (AvgIpc) is 2.74. The van der Waals surface area contributed by atoms with E-state index in [4.69, 9.17) is 0 Å². The standard InChI is InChI=1S/C13H19F3N2OS/c1-4-9-11(12(19)13(14,15)16)10(5-2)18(17-9)7-6-8-20-3/h4-8H2,1-3H3. The van der Waals surface area contributed by atoms with Crippen LogP contribution in [0.4, 0.5) is 13.2 Å². The van der Waals surface area contributed by atoms with Crippen LogP contribution in [0.3, 0.4) is 0 Å². The summed E-state index contributed by atoms with van der Waals surface area (Å²) in [6.45, 7) is 4.00. The van der Waals surface area contributed by atoms with Crippen molar-refractivity contribution >= 4 is 17.5 Å². The summed E-state index contributed by atoms with van der Waals surface area (Å²) in [5, 5.41) is 4.19. The van der Waals surface area contributed by atoms with Gasteiger partial charge in [-0.1, -0.05) is 13.8 Å². The van der Waals surface area contributed by atoms with Gasteiger partial charge >= 0.3 is 6.18 Å². The molecule has 0 aromatic carbocycles. The maximum absolute atomic E-state index is 12.7. The minimum Gasteiger partial charge on any atom is -0.284 e. The van der Waals surface area contributed by atoms with Gasteiger partial charge in [-0.15, -0.1) is 0 Å². The number of carbonyl (C=O) groups is 1. The summed E-state index contributed by atoms with van der Waals surface area (Å²) < 4.78 is 39.6. The van der Waals surface area contributed by atoms with E-state index in [9.17, 15) is 18.0 Å². The van der Waals surface area contributed by atoms with Gasteiger partial charge in [-0.25, -0.2) is 0 Å². The van der Waals surface area contributed by atoms with Crippen molar-refractivity contribution in [1.82, 2.24) is 9.78 Å². The Balaban J connectivity index is 3.18. The van der Waals surface area contributed by atoms with Crippen molar-refractivity contribution in [3.05, 3.63) is 17.0 Å². The van der Waals surface area contributed by atoms with Crippen LogP contribution in [0.25, 0.3) is 0 Å². The third kappa shape index (κ3) is 3.77. The second-order valence-corrected chi connectivity index (χ2v) is 5.36. The van der Waals surface area contributed by atoms with Gasteiger partial charge in [0.15, 0.2) is 0 Å². The molecule has 0 fully saturated rings. The molecular weight excluding hydrogens is 289 g/mol. The Hall–Kier alpha value is -0.980. The lowest BCUT2D eigenvalue weighted by Crippen LogP contribution is -2.25. The maximum atomic E-state index is 12.7. The molecule has 0 N–H and O–H groups in total. The number of ketones is 1. The van der Waals surface area contributed by atoms with Crippen LogP contribution in [-0.4, -0.2) is 33.7 Å². The summed E-state index contributed by atoms with van der Waals surface area (Å²) in [6.07, 6.45) is -1.37. The van der Waals surface area contributed by atoms with Crippen molar-refractivity contribution in [2.45, 2.75) is 45.8 Å². The molecule has 114 valence electrons. The molecule has 0 unspecified atom stereocenters. The summed E-state index contributed by atoms with van der Waals surface area (Å²) in [7, 11) is 0. The number of hydrogen-bond donors (Lipinski definition) is 0. The van der Waals surface area contributed by atoms with E-state index in [0.717, 1.165) is 12.2 Å². The van der Waals surface area contributed by atoms with Crippen molar-refractivity contribution in [3.8, 4) is 0 Å². The Morgan fingerprint density at radius 2 is 1.95 bits per heavy atom.